The number of fused-ring (bicyclic) bond motifs is 12. The van der Waals surface area contributed by atoms with Crippen molar-refractivity contribution >= 4 is 76.5 Å². The van der Waals surface area contributed by atoms with E-state index < -0.39 is 0 Å². The largest absolute Gasteiger partial charge is 0.307 e. The Morgan fingerprint density at radius 2 is 1.04 bits per heavy atom. The van der Waals surface area contributed by atoms with Crippen LogP contribution >= 0.6 is 0 Å². The first-order chi connectivity index (χ1) is 24.9. The first-order valence-electron chi connectivity index (χ1n) is 18.0. The molecule has 252 valence electrons. The summed E-state index contributed by atoms with van der Waals surface area (Å²) in [6.07, 6.45) is 0. The van der Waals surface area contributed by atoms with E-state index in [2.05, 4.69) is 129 Å². The number of hydrogen-bond donors (Lipinski definition) is 0. The summed E-state index contributed by atoms with van der Waals surface area (Å²) < 4.78 is 4.42. The maximum atomic E-state index is 14.7. The van der Waals surface area contributed by atoms with E-state index in [0.717, 1.165) is 71.6 Å². The number of aromatic nitrogens is 3. The molecule has 5 nitrogen and oxygen atoms in total. The van der Waals surface area contributed by atoms with Crippen molar-refractivity contribution in [3.05, 3.63) is 147 Å². The van der Waals surface area contributed by atoms with Crippen molar-refractivity contribution in [2.24, 2.45) is 0 Å². The Labute approximate surface area is 299 Å². The normalized spacial score (nSPS) is 13.0. The molecule has 0 aliphatic heterocycles. The third-order valence-electron chi connectivity index (χ3n) is 11.1. The van der Waals surface area contributed by atoms with Gasteiger partial charge in [-0.2, -0.15) is 0 Å². The number of imidazole rings is 1. The van der Waals surface area contributed by atoms with E-state index in [9.17, 15) is 9.59 Å². The maximum absolute atomic E-state index is 14.7. The van der Waals surface area contributed by atoms with Crippen LogP contribution < -0.4 is 10.9 Å². The van der Waals surface area contributed by atoms with Crippen LogP contribution in [0.1, 0.15) is 52.7 Å². The van der Waals surface area contributed by atoms with E-state index >= 15 is 0 Å². The fraction of sp³-hybridized carbons (Fsp3) is 0.170. The molecule has 0 amide bonds. The average molecular weight is 676 g/mol. The molecule has 0 spiro atoms. The van der Waals surface area contributed by atoms with E-state index in [-0.39, 0.29) is 21.7 Å². The summed E-state index contributed by atoms with van der Waals surface area (Å²) >= 11 is 0. The van der Waals surface area contributed by atoms with Gasteiger partial charge in [-0.1, -0.05) is 102 Å². The monoisotopic (exact) mass is 675 g/mol. The Morgan fingerprint density at radius 1 is 0.481 bits per heavy atom. The Balaban J connectivity index is 1.40. The number of hydrogen-bond acceptors (Lipinski definition) is 3. The van der Waals surface area contributed by atoms with Crippen LogP contribution in [0.4, 0.5) is 0 Å². The molecule has 5 heteroatoms. The minimum Gasteiger partial charge on any atom is -0.307 e. The van der Waals surface area contributed by atoms with E-state index in [4.69, 9.17) is 4.98 Å². The maximum Gasteiger partial charge on any atom is 0.197 e. The van der Waals surface area contributed by atoms with Gasteiger partial charge in [0.25, 0.3) is 0 Å². The lowest BCUT2D eigenvalue weighted by molar-refractivity contribution is 0.591. The van der Waals surface area contributed by atoms with Gasteiger partial charge in [0.2, 0.25) is 0 Å². The third-order valence-corrected chi connectivity index (χ3v) is 11.1. The highest BCUT2D eigenvalue weighted by Crippen LogP contribution is 2.40. The Bertz CT molecular complexity index is 3180. The molecule has 0 atom stereocenters. The van der Waals surface area contributed by atoms with Crippen LogP contribution in [-0.2, 0) is 10.8 Å². The molecule has 0 saturated heterocycles. The fourth-order valence-electron chi connectivity index (χ4n) is 8.39. The molecule has 6 aromatic carbocycles. The van der Waals surface area contributed by atoms with E-state index in [1.165, 1.54) is 0 Å². The number of pyridine rings is 3. The number of nitrogens with zero attached hydrogens (tertiary/aromatic N) is 3. The highest BCUT2D eigenvalue weighted by Gasteiger charge is 2.24. The summed E-state index contributed by atoms with van der Waals surface area (Å²) in [5.74, 6) is 0. The zero-order valence-corrected chi connectivity index (χ0v) is 30.1. The van der Waals surface area contributed by atoms with Crippen molar-refractivity contribution in [3.63, 3.8) is 0 Å². The van der Waals surface area contributed by atoms with Crippen LogP contribution in [0.5, 0.6) is 0 Å². The molecular formula is C47H37N3O2. The lowest BCUT2D eigenvalue weighted by atomic mass is 9.85. The fourth-order valence-corrected chi connectivity index (χ4v) is 8.39. The first kappa shape index (κ1) is 30.7. The van der Waals surface area contributed by atoms with Crippen LogP contribution in [0.25, 0.3) is 87.6 Å². The van der Waals surface area contributed by atoms with Gasteiger partial charge in [0.05, 0.1) is 33.1 Å². The minimum absolute atomic E-state index is 0.0694. The van der Waals surface area contributed by atoms with Crippen molar-refractivity contribution in [3.8, 4) is 11.1 Å². The van der Waals surface area contributed by atoms with E-state index in [0.29, 0.717) is 27.1 Å². The standard InChI is InChI=1S/C47H37N3O2/c1-46(2,3)27-18-20-31-39(24-27)49-40-25-28(47(4,5)6)19-21-32(40)44(52)35-23-26(22-34(42(35)49)43(31)51)29-13-11-14-33-41(29)30-12-7-9-16-37(30)50-38-17-10-8-15-36(38)48-45(33)50/h7-25H,1-6H3. The molecule has 4 aromatic heterocycles. The predicted molar refractivity (Wildman–Crippen MR) is 218 cm³/mol. The molecule has 52 heavy (non-hydrogen) atoms. The van der Waals surface area contributed by atoms with Crippen molar-refractivity contribution in [1.29, 1.82) is 0 Å². The van der Waals surface area contributed by atoms with Gasteiger partial charge in [-0.15, -0.1) is 0 Å². The van der Waals surface area contributed by atoms with Gasteiger partial charge in [-0.3, -0.25) is 14.0 Å². The molecular weight excluding hydrogens is 639 g/mol. The Kier molecular flexibility index (Phi) is 6.06. The molecule has 0 unspecified atom stereocenters. The highest BCUT2D eigenvalue weighted by atomic mass is 16.1. The second kappa shape index (κ2) is 10.3. The summed E-state index contributed by atoms with van der Waals surface area (Å²) in [4.78, 5) is 34.6. The second-order valence-corrected chi connectivity index (χ2v) is 16.4. The summed E-state index contributed by atoms with van der Waals surface area (Å²) in [7, 11) is 0. The van der Waals surface area contributed by atoms with Gasteiger partial charge in [0.1, 0.15) is 5.65 Å². The van der Waals surface area contributed by atoms with Crippen molar-refractivity contribution in [2.45, 2.75) is 52.4 Å². The molecule has 0 aliphatic carbocycles. The zero-order chi connectivity index (χ0) is 35.8. The molecule has 0 aliphatic rings. The smallest absolute Gasteiger partial charge is 0.197 e. The summed E-state index contributed by atoms with van der Waals surface area (Å²) in [5.41, 5.74) is 9.88. The molecule has 10 aromatic rings. The van der Waals surface area contributed by atoms with Gasteiger partial charge < -0.3 is 4.40 Å². The van der Waals surface area contributed by atoms with Gasteiger partial charge in [-0.05, 0) is 87.7 Å². The number of benzene rings is 6. The van der Waals surface area contributed by atoms with Crippen LogP contribution in [0.3, 0.4) is 0 Å². The molecule has 0 saturated carbocycles. The van der Waals surface area contributed by atoms with Gasteiger partial charge in [0, 0.05) is 37.7 Å². The van der Waals surface area contributed by atoms with Gasteiger partial charge in [0.15, 0.2) is 10.9 Å². The van der Waals surface area contributed by atoms with Gasteiger partial charge in [-0.25, -0.2) is 4.98 Å². The third kappa shape index (κ3) is 4.13. The SMILES string of the molecule is CC(C)(C)c1ccc2c(=O)c3cc(-c4cccc5c4c4ccccc4n4c6ccccc6nc54)cc4c(=O)c5ccc(C(C)(C)C)cc5n(c2c1)c34. The Morgan fingerprint density at radius 3 is 1.65 bits per heavy atom. The molecule has 0 fully saturated rings. The number of rotatable bonds is 1. The summed E-state index contributed by atoms with van der Waals surface area (Å²) in [6, 6.07) is 39.3. The van der Waals surface area contributed by atoms with E-state index in [1.54, 1.807) is 0 Å². The van der Waals surface area contributed by atoms with Crippen LogP contribution in [0, 0.1) is 0 Å². The average Bonchev–Trinajstić information content (AvgIpc) is 3.53. The lowest BCUT2D eigenvalue weighted by Crippen LogP contribution is -2.17. The second-order valence-electron chi connectivity index (χ2n) is 16.4. The van der Waals surface area contributed by atoms with Crippen LogP contribution in [0.2, 0.25) is 0 Å². The van der Waals surface area contributed by atoms with Gasteiger partial charge >= 0.3 is 0 Å². The molecule has 0 bridgehead atoms. The molecule has 0 N–H and O–H groups in total. The molecule has 0 radical (unpaired) electrons. The number of para-hydroxylation sites is 3. The van der Waals surface area contributed by atoms with Crippen molar-refractivity contribution < 1.29 is 0 Å². The van der Waals surface area contributed by atoms with Crippen LogP contribution in [0.15, 0.2) is 125 Å². The molecule has 4 heterocycles. The lowest BCUT2D eigenvalue weighted by Gasteiger charge is -2.23. The predicted octanol–water partition coefficient (Wildman–Crippen LogP) is 10.9. The van der Waals surface area contributed by atoms with Crippen LogP contribution in [-0.4, -0.2) is 13.8 Å². The quantitative estimate of drug-likeness (QED) is 0.129. The zero-order valence-electron chi connectivity index (χ0n) is 30.1. The topological polar surface area (TPSA) is 55.9 Å². The first-order valence-corrected chi connectivity index (χ1v) is 18.0. The minimum atomic E-state index is -0.129. The van der Waals surface area contributed by atoms with Crippen molar-refractivity contribution in [2.75, 3.05) is 0 Å². The summed E-state index contributed by atoms with van der Waals surface area (Å²) in [6.45, 7) is 13.1. The Hall–Kier alpha value is -6.07. The highest BCUT2D eigenvalue weighted by molar-refractivity contribution is 6.20. The van der Waals surface area contributed by atoms with E-state index in [1.807, 2.05) is 36.4 Å². The van der Waals surface area contributed by atoms with Crippen molar-refractivity contribution in [1.82, 2.24) is 13.8 Å². The molecule has 10 rings (SSSR count). The summed E-state index contributed by atoms with van der Waals surface area (Å²) in [5, 5.41) is 5.49.